The van der Waals surface area contributed by atoms with Crippen LogP contribution >= 0.6 is 0 Å². The van der Waals surface area contributed by atoms with E-state index >= 15 is 0 Å². The fourth-order valence-electron chi connectivity index (χ4n) is 3.09. The van der Waals surface area contributed by atoms with Gasteiger partial charge in [-0.2, -0.15) is 0 Å². The first-order valence-electron chi connectivity index (χ1n) is 11.3. The second-order valence-corrected chi connectivity index (χ2v) is 7.36. The van der Waals surface area contributed by atoms with Gasteiger partial charge in [0.25, 0.3) is 0 Å². The summed E-state index contributed by atoms with van der Waals surface area (Å²) in [6.45, 7) is 5.81. The molecule has 2 aliphatic rings. The third kappa shape index (κ3) is 13.8. The van der Waals surface area contributed by atoms with Gasteiger partial charge in [0.2, 0.25) is 0 Å². The van der Waals surface area contributed by atoms with Crippen molar-refractivity contribution in [3.8, 4) is 0 Å². The summed E-state index contributed by atoms with van der Waals surface area (Å²) in [5.74, 6) is 0. The minimum Gasteiger partial charge on any atom is -0.388 e. The summed E-state index contributed by atoms with van der Waals surface area (Å²) in [5.41, 5.74) is 0. The molecule has 9 nitrogen and oxygen atoms in total. The molecule has 2 fully saturated rings. The highest BCUT2D eigenvalue weighted by molar-refractivity contribution is 4.55. The Bertz CT molecular complexity index is 339. The lowest BCUT2D eigenvalue weighted by Crippen LogP contribution is -2.25. The van der Waals surface area contributed by atoms with E-state index in [9.17, 15) is 5.11 Å². The van der Waals surface area contributed by atoms with Crippen LogP contribution in [0.3, 0.4) is 0 Å². The molecule has 2 heterocycles. The Morgan fingerprint density at radius 1 is 0.600 bits per heavy atom. The summed E-state index contributed by atoms with van der Waals surface area (Å²) in [6.07, 6.45) is 5.64. The summed E-state index contributed by atoms with van der Waals surface area (Å²) < 4.78 is 43.7. The Labute approximate surface area is 180 Å². The van der Waals surface area contributed by atoms with E-state index < -0.39 is 6.10 Å². The number of aliphatic hydroxyl groups is 1. The first-order valence-corrected chi connectivity index (χ1v) is 11.3. The van der Waals surface area contributed by atoms with Crippen molar-refractivity contribution in [1.82, 2.24) is 0 Å². The molecule has 2 aliphatic heterocycles. The van der Waals surface area contributed by atoms with Gasteiger partial charge in [-0.25, -0.2) is 0 Å². The predicted molar refractivity (Wildman–Crippen MR) is 108 cm³/mol. The van der Waals surface area contributed by atoms with Gasteiger partial charge in [-0.3, -0.25) is 0 Å². The van der Waals surface area contributed by atoms with Gasteiger partial charge in [0.15, 0.2) is 12.6 Å². The maximum absolute atomic E-state index is 9.82. The molecule has 0 aromatic heterocycles. The van der Waals surface area contributed by atoms with Crippen LogP contribution in [-0.4, -0.2) is 103 Å². The standard InChI is InChI=1S/C21H40O9/c22-19(17-25-11-9-23-13-15-29-20-5-1-3-7-27-20)18-26-12-10-24-14-16-30-21-6-2-4-8-28-21/h19-22H,1-18H2. The van der Waals surface area contributed by atoms with Gasteiger partial charge >= 0.3 is 0 Å². The fraction of sp³-hybridized carbons (Fsp3) is 1.00. The molecule has 0 saturated carbocycles. The van der Waals surface area contributed by atoms with E-state index in [1.54, 1.807) is 0 Å². The highest BCUT2D eigenvalue weighted by Gasteiger charge is 2.14. The van der Waals surface area contributed by atoms with E-state index in [4.69, 9.17) is 37.9 Å². The monoisotopic (exact) mass is 436 g/mol. The fourth-order valence-corrected chi connectivity index (χ4v) is 3.09. The van der Waals surface area contributed by atoms with Gasteiger partial charge in [-0.1, -0.05) is 0 Å². The lowest BCUT2D eigenvalue weighted by molar-refractivity contribution is -0.169. The molecule has 2 saturated heterocycles. The van der Waals surface area contributed by atoms with Crippen molar-refractivity contribution in [3.05, 3.63) is 0 Å². The third-order valence-corrected chi connectivity index (χ3v) is 4.70. The van der Waals surface area contributed by atoms with Crippen LogP contribution in [0, 0.1) is 0 Å². The molecule has 2 unspecified atom stereocenters. The first kappa shape index (κ1) is 25.9. The molecule has 0 radical (unpaired) electrons. The third-order valence-electron chi connectivity index (χ3n) is 4.70. The van der Waals surface area contributed by atoms with Crippen molar-refractivity contribution in [2.75, 3.05) is 79.3 Å². The maximum Gasteiger partial charge on any atom is 0.157 e. The molecule has 2 rings (SSSR count). The van der Waals surface area contributed by atoms with E-state index in [1.165, 1.54) is 0 Å². The van der Waals surface area contributed by atoms with Crippen LogP contribution in [0.2, 0.25) is 0 Å². The van der Waals surface area contributed by atoms with Gasteiger partial charge in [-0.05, 0) is 38.5 Å². The SMILES string of the molecule is OC(COCCOCCOC1CCCCO1)COCCOCCOC1CCCCO1. The number of ether oxygens (including phenoxy) is 8. The molecule has 0 spiro atoms. The van der Waals surface area contributed by atoms with Crippen LogP contribution in [0.4, 0.5) is 0 Å². The smallest absolute Gasteiger partial charge is 0.157 e. The van der Waals surface area contributed by atoms with Gasteiger partial charge in [0, 0.05) is 13.2 Å². The number of aliphatic hydroxyl groups excluding tert-OH is 1. The molecule has 0 bridgehead atoms. The zero-order valence-electron chi connectivity index (χ0n) is 18.2. The van der Waals surface area contributed by atoms with Gasteiger partial charge < -0.3 is 43.0 Å². The molecule has 9 heteroatoms. The number of rotatable bonds is 18. The van der Waals surface area contributed by atoms with E-state index in [-0.39, 0.29) is 25.8 Å². The molecule has 178 valence electrons. The summed E-state index contributed by atoms with van der Waals surface area (Å²) in [6, 6.07) is 0. The second kappa shape index (κ2) is 18.2. The maximum atomic E-state index is 9.82. The highest BCUT2D eigenvalue weighted by Crippen LogP contribution is 2.14. The Kier molecular flexibility index (Phi) is 15.7. The molecule has 0 aromatic rings. The first-order chi connectivity index (χ1) is 14.8. The summed E-state index contributed by atoms with van der Waals surface area (Å²) in [5, 5.41) is 9.82. The van der Waals surface area contributed by atoms with Crippen LogP contribution in [-0.2, 0) is 37.9 Å². The van der Waals surface area contributed by atoms with E-state index in [0.29, 0.717) is 52.9 Å². The Balaban J connectivity index is 1.25. The number of hydrogen-bond acceptors (Lipinski definition) is 9. The van der Waals surface area contributed by atoms with Crippen LogP contribution < -0.4 is 0 Å². The molecule has 0 amide bonds. The molecule has 0 aromatic carbocycles. The Hall–Kier alpha value is -0.360. The quantitative estimate of drug-likeness (QED) is 0.321. The van der Waals surface area contributed by atoms with Crippen molar-refractivity contribution >= 4 is 0 Å². The lowest BCUT2D eigenvalue weighted by atomic mass is 10.2. The highest BCUT2D eigenvalue weighted by atomic mass is 16.7. The van der Waals surface area contributed by atoms with Gasteiger partial charge in [0.1, 0.15) is 6.10 Å². The zero-order valence-corrected chi connectivity index (χ0v) is 18.2. The molecule has 1 N–H and O–H groups in total. The summed E-state index contributed by atoms with van der Waals surface area (Å²) >= 11 is 0. The van der Waals surface area contributed by atoms with Crippen LogP contribution in [0.1, 0.15) is 38.5 Å². The molecular formula is C21H40O9. The topological polar surface area (TPSA) is 94.1 Å². The van der Waals surface area contributed by atoms with Crippen molar-refractivity contribution < 1.29 is 43.0 Å². The lowest BCUT2D eigenvalue weighted by Gasteiger charge is -2.22. The van der Waals surface area contributed by atoms with E-state index in [0.717, 1.165) is 51.7 Å². The van der Waals surface area contributed by atoms with E-state index in [1.807, 2.05) is 0 Å². The zero-order chi connectivity index (χ0) is 21.1. The Morgan fingerprint density at radius 2 is 1.03 bits per heavy atom. The Morgan fingerprint density at radius 3 is 1.47 bits per heavy atom. The van der Waals surface area contributed by atoms with Crippen LogP contribution in [0.15, 0.2) is 0 Å². The average molecular weight is 437 g/mol. The van der Waals surface area contributed by atoms with Gasteiger partial charge in [-0.15, -0.1) is 0 Å². The summed E-state index contributed by atoms with van der Waals surface area (Å²) in [7, 11) is 0. The average Bonchev–Trinajstić information content (AvgIpc) is 2.79. The van der Waals surface area contributed by atoms with Crippen molar-refractivity contribution in [1.29, 1.82) is 0 Å². The van der Waals surface area contributed by atoms with Crippen molar-refractivity contribution in [2.24, 2.45) is 0 Å². The molecule has 0 aliphatic carbocycles. The van der Waals surface area contributed by atoms with E-state index in [2.05, 4.69) is 0 Å². The number of hydrogen-bond donors (Lipinski definition) is 1. The largest absolute Gasteiger partial charge is 0.388 e. The molecule has 30 heavy (non-hydrogen) atoms. The van der Waals surface area contributed by atoms with Crippen molar-refractivity contribution in [2.45, 2.75) is 57.2 Å². The van der Waals surface area contributed by atoms with Crippen LogP contribution in [0.5, 0.6) is 0 Å². The van der Waals surface area contributed by atoms with Gasteiger partial charge in [0.05, 0.1) is 66.1 Å². The molecule has 2 atom stereocenters. The normalized spacial score (nSPS) is 23.5. The predicted octanol–water partition coefficient (Wildman–Crippen LogP) is 1.50. The minimum absolute atomic E-state index is 0.0800. The summed E-state index contributed by atoms with van der Waals surface area (Å²) in [4.78, 5) is 0. The van der Waals surface area contributed by atoms with Crippen molar-refractivity contribution in [3.63, 3.8) is 0 Å². The minimum atomic E-state index is -0.663. The second-order valence-electron chi connectivity index (χ2n) is 7.36. The molecular weight excluding hydrogens is 396 g/mol. The van der Waals surface area contributed by atoms with Crippen LogP contribution in [0.25, 0.3) is 0 Å².